The molecule has 5 rings (SSSR count). The minimum absolute atomic E-state index is 0.213. The van der Waals surface area contributed by atoms with Gasteiger partial charge in [0.05, 0.1) is 5.69 Å². The number of hydrogen-bond acceptors (Lipinski definition) is 5. The number of amides is 1. The van der Waals surface area contributed by atoms with Crippen LogP contribution in [0, 0.1) is 0 Å². The Labute approximate surface area is 220 Å². The lowest BCUT2D eigenvalue weighted by Gasteiger charge is -2.23. The Kier molecular flexibility index (Phi) is 8.45. The fourth-order valence-corrected chi connectivity index (χ4v) is 4.36. The number of nitrogens with one attached hydrogen (secondary N) is 3. The minimum Gasteiger partial charge on any atom is -0.475 e. The number of benzene rings is 2. The fourth-order valence-electron chi connectivity index (χ4n) is 4.36. The number of nitrogens with zero attached hydrogens (tertiary/aromatic N) is 2. The van der Waals surface area contributed by atoms with Crippen LogP contribution in [0.15, 0.2) is 71.5 Å². The van der Waals surface area contributed by atoms with Gasteiger partial charge in [-0.15, -0.1) is 0 Å². The molecule has 1 aliphatic heterocycles. The number of alkyl halides is 3. The standard InChI is InChI=1S/C25H25N5O2.C2HF3O2/c31-21-15-20(18-11-13-26-14-12-18)30-24(28-21)22(23(29-30)19-9-5-2-6-10-19)25(32)27-16-17-7-3-1-4-8-17;3-2(4,5)1(6)7/h1-10,15,18,26H,11-14,16H2,(H,27,32)(H,28,31);(H,6,7). The van der Waals surface area contributed by atoms with Crippen molar-refractivity contribution in [1.82, 2.24) is 25.2 Å². The predicted molar refractivity (Wildman–Crippen MR) is 137 cm³/mol. The molecule has 0 saturated carbocycles. The van der Waals surface area contributed by atoms with Crippen LogP contribution >= 0.6 is 0 Å². The molecule has 1 amide bonds. The smallest absolute Gasteiger partial charge is 0.475 e. The summed E-state index contributed by atoms with van der Waals surface area (Å²) in [7, 11) is 0. The van der Waals surface area contributed by atoms with Crippen molar-refractivity contribution < 1.29 is 27.9 Å². The van der Waals surface area contributed by atoms with Crippen LogP contribution in [-0.2, 0) is 11.3 Å². The molecule has 0 radical (unpaired) electrons. The largest absolute Gasteiger partial charge is 0.490 e. The van der Waals surface area contributed by atoms with Crippen LogP contribution in [0.5, 0.6) is 0 Å². The van der Waals surface area contributed by atoms with Crippen molar-refractivity contribution in [3.8, 4) is 11.3 Å². The summed E-state index contributed by atoms with van der Waals surface area (Å²) in [6.45, 7) is 2.19. The van der Waals surface area contributed by atoms with Crippen molar-refractivity contribution in [2.45, 2.75) is 31.5 Å². The van der Waals surface area contributed by atoms with Gasteiger partial charge in [-0.1, -0.05) is 60.7 Å². The van der Waals surface area contributed by atoms with Gasteiger partial charge in [-0.2, -0.15) is 18.3 Å². The summed E-state index contributed by atoms with van der Waals surface area (Å²) < 4.78 is 33.5. The predicted octanol–water partition coefficient (Wildman–Crippen LogP) is 3.72. The highest BCUT2D eigenvalue weighted by Crippen LogP contribution is 2.29. The second-order valence-electron chi connectivity index (χ2n) is 8.90. The van der Waals surface area contributed by atoms with Gasteiger partial charge in [-0.3, -0.25) is 9.59 Å². The van der Waals surface area contributed by atoms with Crippen LogP contribution in [0.25, 0.3) is 16.9 Å². The van der Waals surface area contributed by atoms with Gasteiger partial charge in [-0.05, 0) is 31.5 Å². The van der Waals surface area contributed by atoms with Gasteiger partial charge in [0.1, 0.15) is 16.9 Å². The number of halogens is 3. The van der Waals surface area contributed by atoms with E-state index in [1.165, 1.54) is 0 Å². The summed E-state index contributed by atoms with van der Waals surface area (Å²) in [5.41, 5.74) is 3.86. The number of aliphatic carboxylic acids is 1. The molecule has 1 aliphatic rings. The average Bonchev–Trinajstić information content (AvgIpc) is 3.32. The van der Waals surface area contributed by atoms with E-state index < -0.39 is 12.1 Å². The zero-order valence-electron chi connectivity index (χ0n) is 20.7. The summed E-state index contributed by atoms with van der Waals surface area (Å²) in [5.74, 6) is -2.81. The maximum absolute atomic E-state index is 13.4. The Morgan fingerprint density at radius 1 is 1.03 bits per heavy atom. The summed E-state index contributed by atoms with van der Waals surface area (Å²) in [4.78, 5) is 37.8. The Morgan fingerprint density at radius 2 is 1.62 bits per heavy atom. The second kappa shape index (κ2) is 11.9. The van der Waals surface area contributed by atoms with Gasteiger partial charge in [-0.25, -0.2) is 9.31 Å². The highest BCUT2D eigenvalue weighted by atomic mass is 19.4. The maximum Gasteiger partial charge on any atom is 0.490 e. The lowest BCUT2D eigenvalue weighted by Crippen LogP contribution is -2.29. The Balaban J connectivity index is 0.000000448. The zero-order valence-corrected chi connectivity index (χ0v) is 20.7. The van der Waals surface area contributed by atoms with Gasteiger partial charge in [0.25, 0.3) is 11.5 Å². The van der Waals surface area contributed by atoms with Gasteiger partial charge < -0.3 is 20.7 Å². The van der Waals surface area contributed by atoms with Crippen molar-refractivity contribution in [2.24, 2.45) is 0 Å². The molecule has 4 N–H and O–H groups in total. The number of rotatable bonds is 5. The topological polar surface area (TPSA) is 129 Å². The number of carboxylic acids is 1. The average molecular weight is 542 g/mol. The number of piperidine rings is 1. The summed E-state index contributed by atoms with van der Waals surface area (Å²) in [6.07, 6.45) is -3.23. The number of carbonyl (C=O) groups is 2. The monoisotopic (exact) mass is 541 g/mol. The van der Waals surface area contributed by atoms with Crippen LogP contribution in [0.1, 0.15) is 40.4 Å². The number of carboxylic acid groups (broad SMARTS) is 1. The summed E-state index contributed by atoms with van der Waals surface area (Å²) in [6, 6.07) is 21.0. The number of fused-ring (bicyclic) bond motifs is 1. The SMILES string of the molecule is O=C(NCc1ccccc1)c1c(-c2ccccc2)nn2c(C3CCNCC3)cc(=O)[nH]c12.O=C(O)C(F)(F)F. The normalized spacial score (nSPS) is 13.9. The summed E-state index contributed by atoms with van der Waals surface area (Å²) in [5, 5.41) is 18.3. The van der Waals surface area contributed by atoms with Crippen molar-refractivity contribution in [3.63, 3.8) is 0 Å². The number of H-pyrrole nitrogens is 1. The molecule has 2 aromatic heterocycles. The van der Waals surface area contributed by atoms with E-state index in [0.29, 0.717) is 23.4 Å². The first-order chi connectivity index (χ1) is 18.6. The van der Waals surface area contributed by atoms with E-state index in [1.54, 1.807) is 10.6 Å². The molecule has 0 aliphatic carbocycles. The van der Waals surface area contributed by atoms with Crippen LogP contribution in [0.3, 0.4) is 0 Å². The zero-order chi connectivity index (χ0) is 28.0. The second-order valence-corrected chi connectivity index (χ2v) is 8.90. The molecule has 2 aromatic carbocycles. The van der Waals surface area contributed by atoms with Crippen molar-refractivity contribution >= 4 is 17.5 Å². The lowest BCUT2D eigenvalue weighted by molar-refractivity contribution is -0.192. The highest BCUT2D eigenvalue weighted by molar-refractivity contribution is 6.05. The molecular weight excluding hydrogens is 515 g/mol. The third kappa shape index (κ3) is 6.71. The molecule has 4 aromatic rings. The Bertz CT molecular complexity index is 1500. The molecule has 9 nitrogen and oxygen atoms in total. The molecule has 3 heterocycles. The van der Waals surface area contributed by atoms with E-state index in [9.17, 15) is 22.8 Å². The fraction of sp³-hybridized carbons (Fsp3) is 0.259. The third-order valence-electron chi connectivity index (χ3n) is 6.22. The molecular formula is C27H26F3N5O4. The van der Waals surface area contributed by atoms with Gasteiger partial charge in [0, 0.05) is 24.1 Å². The first-order valence-electron chi connectivity index (χ1n) is 12.2. The molecule has 12 heteroatoms. The number of aromatic amines is 1. The molecule has 0 unspecified atom stereocenters. The third-order valence-corrected chi connectivity index (χ3v) is 6.22. The Morgan fingerprint density at radius 3 is 2.21 bits per heavy atom. The van der Waals surface area contributed by atoms with Gasteiger partial charge in [0.15, 0.2) is 0 Å². The minimum atomic E-state index is -5.08. The van der Waals surface area contributed by atoms with Crippen molar-refractivity contribution in [3.05, 3.63) is 93.9 Å². The highest BCUT2D eigenvalue weighted by Gasteiger charge is 2.38. The first-order valence-corrected chi connectivity index (χ1v) is 12.2. The molecule has 1 fully saturated rings. The lowest BCUT2D eigenvalue weighted by atomic mass is 9.94. The van der Waals surface area contributed by atoms with E-state index in [2.05, 4.69) is 15.6 Å². The van der Waals surface area contributed by atoms with E-state index in [4.69, 9.17) is 15.0 Å². The van der Waals surface area contributed by atoms with Crippen LogP contribution < -0.4 is 16.2 Å². The molecule has 0 spiro atoms. The Hall–Kier alpha value is -4.45. The molecule has 0 bridgehead atoms. The number of aromatic nitrogens is 3. The van der Waals surface area contributed by atoms with E-state index in [-0.39, 0.29) is 17.4 Å². The molecule has 1 saturated heterocycles. The van der Waals surface area contributed by atoms with E-state index >= 15 is 0 Å². The number of hydrogen-bond donors (Lipinski definition) is 4. The van der Waals surface area contributed by atoms with E-state index in [1.807, 2.05) is 60.7 Å². The van der Waals surface area contributed by atoms with Gasteiger partial charge in [0.2, 0.25) is 0 Å². The maximum atomic E-state index is 13.4. The first kappa shape index (κ1) is 27.6. The number of carbonyl (C=O) groups excluding carboxylic acids is 1. The molecule has 39 heavy (non-hydrogen) atoms. The van der Waals surface area contributed by atoms with Crippen LogP contribution in [0.4, 0.5) is 13.2 Å². The van der Waals surface area contributed by atoms with Gasteiger partial charge >= 0.3 is 12.1 Å². The van der Waals surface area contributed by atoms with Crippen molar-refractivity contribution in [2.75, 3.05) is 13.1 Å². The quantitative estimate of drug-likeness (QED) is 0.305. The van der Waals surface area contributed by atoms with Crippen LogP contribution in [0.2, 0.25) is 0 Å². The van der Waals surface area contributed by atoms with Crippen LogP contribution in [-0.4, -0.2) is 50.8 Å². The molecule has 204 valence electrons. The van der Waals surface area contributed by atoms with E-state index in [0.717, 1.165) is 42.8 Å². The summed E-state index contributed by atoms with van der Waals surface area (Å²) >= 11 is 0. The molecule has 0 atom stereocenters. The van der Waals surface area contributed by atoms with Crippen molar-refractivity contribution in [1.29, 1.82) is 0 Å².